The molecule has 1 atom stereocenters. The van der Waals surface area contributed by atoms with Crippen molar-refractivity contribution >= 4 is 11.3 Å². The number of nitriles is 1. The maximum absolute atomic E-state index is 9.36. The van der Waals surface area contributed by atoms with Gasteiger partial charge in [-0.05, 0) is 23.1 Å². The monoisotopic (exact) mass is 284 g/mol. The summed E-state index contributed by atoms with van der Waals surface area (Å²) in [5.41, 5.74) is 1.34. The van der Waals surface area contributed by atoms with Gasteiger partial charge in [0.2, 0.25) is 0 Å². The molecule has 3 heteroatoms. The van der Waals surface area contributed by atoms with Crippen molar-refractivity contribution in [1.29, 1.82) is 5.26 Å². The molecule has 0 radical (unpaired) electrons. The summed E-state index contributed by atoms with van der Waals surface area (Å²) in [5.74, 6) is 0. The van der Waals surface area contributed by atoms with Gasteiger partial charge in [-0.15, -0.1) is 11.3 Å². The third-order valence-corrected chi connectivity index (χ3v) is 4.71. The minimum Gasteiger partial charge on any atom is -0.293 e. The normalized spacial score (nSPS) is 12.9. The Hall–Kier alpha value is -1.63. The second kappa shape index (κ2) is 6.21. The van der Waals surface area contributed by atoms with E-state index in [4.69, 9.17) is 0 Å². The number of hydrogen-bond acceptors (Lipinski definition) is 3. The topological polar surface area (TPSA) is 35.8 Å². The van der Waals surface area contributed by atoms with Crippen molar-refractivity contribution < 1.29 is 0 Å². The van der Waals surface area contributed by atoms with Crippen molar-refractivity contribution in [2.75, 3.05) is 0 Å². The summed E-state index contributed by atoms with van der Waals surface area (Å²) in [6.07, 6.45) is 0. The molecule has 0 amide bonds. The van der Waals surface area contributed by atoms with Gasteiger partial charge in [0.15, 0.2) is 0 Å². The molecule has 20 heavy (non-hydrogen) atoms. The van der Waals surface area contributed by atoms with Crippen molar-refractivity contribution in [3.63, 3.8) is 0 Å². The lowest BCUT2D eigenvalue weighted by Crippen LogP contribution is -2.18. The zero-order chi connectivity index (χ0) is 14.6. The van der Waals surface area contributed by atoms with E-state index in [1.165, 1.54) is 10.4 Å². The fraction of sp³-hybridized carbons (Fsp3) is 0.353. The summed E-state index contributed by atoms with van der Waals surface area (Å²) in [4.78, 5) is 2.41. The molecule has 0 saturated heterocycles. The van der Waals surface area contributed by atoms with Gasteiger partial charge in [-0.2, -0.15) is 5.26 Å². The van der Waals surface area contributed by atoms with Gasteiger partial charge < -0.3 is 0 Å². The van der Waals surface area contributed by atoms with Gasteiger partial charge in [0.05, 0.1) is 6.07 Å². The first-order chi connectivity index (χ1) is 9.50. The Kier molecular flexibility index (Phi) is 4.59. The van der Waals surface area contributed by atoms with Gasteiger partial charge >= 0.3 is 0 Å². The molecule has 0 bridgehead atoms. The molecule has 1 unspecified atom stereocenters. The first-order valence-electron chi connectivity index (χ1n) is 6.78. The van der Waals surface area contributed by atoms with Crippen molar-refractivity contribution in [3.05, 3.63) is 57.8 Å². The smallest absolute Gasteiger partial charge is 0.130 e. The molecule has 1 N–H and O–H groups in total. The highest BCUT2D eigenvalue weighted by atomic mass is 32.1. The Morgan fingerprint density at radius 2 is 1.85 bits per heavy atom. The molecule has 104 valence electrons. The maximum atomic E-state index is 9.36. The molecule has 1 heterocycles. The second-order valence-electron chi connectivity index (χ2n) is 5.88. The predicted molar refractivity (Wildman–Crippen MR) is 84.7 cm³/mol. The highest BCUT2D eigenvalue weighted by Crippen LogP contribution is 2.32. The van der Waals surface area contributed by atoms with Gasteiger partial charge in [-0.3, -0.25) is 5.32 Å². The van der Waals surface area contributed by atoms with Crippen molar-refractivity contribution in [2.24, 2.45) is 0 Å². The van der Waals surface area contributed by atoms with Gasteiger partial charge in [0.25, 0.3) is 0 Å². The van der Waals surface area contributed by atoms with E-state index in [0.29, 0.717) is 6.54 Å². The van der Waals surface area contributed by atoms with E-state index in [9.17, 15) is 5.26 Å². The standard InChI is InChI=1S/C17H20N2S/c1-17(2,3)16-10-9-15(20-16)14(11-18)19-12-13-7-5-4-6-8-13/h4-10,14,19H,12H2,1-3H3. The average molecular weight is 284 g/mol. The fourth-order valence-electron chi connectivity index (χ4n) is 1.94. The molecule has 2 nitrogen and oxygen atoms in total. The second-order valence-corrected chi connectivity index (χ2v) is 7.00. The molecule has 2 rings (SSSR count). The summed E-state index contributed by atoms with van der Waals surface area (Å²) in [6.45, 7) is 7.30. The van der Waals surface area contributed by atoms with Gasteiger partial charge in [-0.25, -0.2) is 0 Å². The minimum absolute atomic E-state index is 0.141. The molecule has 1 aromatic heterocycles. The molecule has 0 fully saturated rings. The molecular formula is C17H20N2S. The van der Waals surface area contributed by atoms with Gasteiger partial charge in [0, 0.05) is 16.3 Å². The number of thiophene rings is 1. The Labute approximate surface area is 125 Å². The summed E-state index contributed by atoms with van der Waals surface area (Å²) >= 11 is 1.72. The Bertz CT molecular complexity index is 587. The van der Waals surface area contributed by atoms with Crippen molar-refractivity contribution in [1.82, 2.24) is 5.32 Å². The molecule has 0 aliphatic carbocycles. The fourth-order valence-corrected chi connectivity index (χ4v) is 3.02. The van der Waals surface area contributed by atoms with E-state index in [1.807, 2.05) is 18.2 Å². The lowest BCUT2D eigenvalue weighted by Gasteiger charge is -2.15. The summed E-state index contributed by atoms with van der Waals surface area (Å²) in [6, 6.07) is 16.5. The van der Waals surface area contributed by atoms with Crippen LogP contribution in [0.3, 0.4) is 0 Å². The Morgan fingerprint density at radius 1 is 1.15 bits per heavy atom. The molecule has 2 aromatic rings. The van der Waals surface area contributed by atoms with Gasteiger partial charge in [-0.1, -0.05) is 51.1 Å². The zero-order valence-electron chi connectivity index (χ0n) is 12.2. The maximum Gasteiger partial charge on any atom is 0.130 e. The molecular weight excluding hydrogens is 264 g/mol. The Morgan fingerprint density at radius 3 is 2.40 bits per heavy atom. The molecule has 0 aliphatic heterocycles. The third-order valence-electron chi connectivity index (χ3n) is 3.13. The van der Waals surface area contributed by atoms with Crippen LogP contribution in [0.5, 0.6) is 0 Å². The lowest BCUT2D eigenvalue weighted by atomic mass is 9.95. The van der Waals surface area contributed by atoms with Crippen LogP contribution in [0.4, 0.5) is 0 Å². The summed E-state index contributed by atoms with van der Waals surface area (Å²) in [7, 11) is 0. The van der Waals surface area contributed by atoms with Crippen molar-refractivity contribution in [2.45, 2.75) is 38.8 Å². The van der Waals surface area contributed by atoms with E-state index in [-0.39, 0.29) is 11.5 Å². The van der Waals surface area contributed by atoms with Crippen LogP contribution in [0.15, 0.2) is 42.5 Å². The van der Waals surface area contributed by atoms with E-state index in [1.54, 1.807) is 11.3 Å². The van der Waals surface area contributed by atoms with Crippen molar-refractivity contribution in [3.8, 4) is 6.07 Å². The van der Waals surface area contributed by atoms with Crippen LogP contribution in [-0.4, -0.2) is 0 Å². The highest BCUT2D eigenvalue weighted by molar-refractivity contribution is 7.12. The van der Waals surface area contributed by atoms with E-state index < -0.39 is 0 Å². The average Bonchev–Trinajstić information content (AvgIpc) is 2.90. The predicted octanol–water partition coefficient (Wildman–Crippen LogP) is 4.40. The quantitative estimate of drug-likeness (QED) is 0.903. The zero-order valence-corrected chi connectivity index (χ0v) is 13.0. The van der Waals surface area contributed by atoms with Crippen LogP contribution in [0.1, 0.15) is 42.1 Å². The summed E-state index contributed by atoms with van der Waals surface area (Å²) in [5, 5.41) is 12.7. The van der Waals surface area contributed by atoms with Crippen LogP contribution in [0.2, 0.25) is 0 Å². The Balaban J connectivity index is 2.06. The van der Waals surface area contributed by atoms with Crippen LogP contribution >= 0.6 is 11.3 Å². The van der Waals surface area contributed by atoms with E-state index in [2.05, 4.69) is 56.4 Å². The van der Waals surface area contributed by atoms with E-state index >= 15 is 0 Å². The van der Waals surface area contributed by atoms with Crippen LogP contribution in [-0.2, 0) is 12.0 Å². The molecule has 1 aromatic carbocycles. The molecule has 0 aliphatic rings. The summed E-state index contributed by atoms with van der Waals surface area (Å²) < 4.78 is 0. The lowest BCUT2D eigenvalue weighted by molar-refractivity contribution is 0.604. The van der Waals surface area contributed by atoms with Crippen LogP contribution in [0, 0.1) is 11.3 Å². The first-order valence-corrected chi connectivity index (χ1v) is 7.59. The SMILES string of the molecule is CC(C)(C)c1ccc(C(C#N)NCc2ccccc2)s1. The molecule has 0 spiro atoms. The molecule has 0 saturated carbocycles. The number of nitrogens with zero attached hydrogens (tertiary/aromatic N) is 1. The number of hydrogen-bond donors (Lipinski definition) is 1. The van der Waals surface area contributed by atoms with Crippen LogP contribution in [0.25, 0.3) is 0 Å². The van der Waals surface area contributed by atoms with Gasteiger partial charge in [0.1, 0.15) is 6.04 Å². The number of nitrogens with one attached hydrogen (secondary N) is 1. The highest BCUT2D eigenvalue weighted by Gasteiger charge is 2.19. The largest absolute Gasteiger partial charge is 0.293 e. The van der Waals surface area contributed by atoms with Crippen LogP contribution < -0.4 is 5.32 Å². The number of rotatable bonds is 4. The first kappa shape index (κ1) is 14.8. The number of benzene rings is 1. The van der Waals surface area contributed by atoms with E-state index in [0.717, 1.165) is 4.88 Å². The minimum atomic E-state index is -0.240. The third kappa shape index (κ3) is 3.69.